The van der Waals surface area contributed by atoms with Crippen LogP contribution in [0.1, 0.15) is 37.0 Å². The van der Waals surface area contributed by atoms with E-state index in [0.717, 1.165) is 0 Å². The maximum absolute atomic E-state index is 11.9. The molecule has 0 aliphatic heterocycles. The molecule has 0 saturated carbocycles. The molecule has 0 radical (unpaired) electrons. The van der Waals surface area contributed by atoms with Crippen molar-refractivity contribution in [1.29, 1.82) is 5.26 Å². The maximum atomic E-state index is 11.9. The van der Waals surface area contributed by atoms with Crippen LogP contribution in [0.3, 0.4) is 0 Å². The van der Waals surface area contributed by atoms with Gasteiger partial charge in [0, 0.05) is 6.20 Å². The monoisotopic (exact) mass is 350 g/mol. The lowest BCUT2D eigenvalue weighted by atomic mass is 10.2. The van der Waals surface area contributed by atoms with E-state index in [4.69, 9.17) is 26.3 Å². The van der Waals surface area contributed by atoms with Crippen molar-refractivity contribution in [2.24, 2.45) is 0 Å². The lowest BCUT2D eigenvalue weighted by Gasteiger charge is -2.09. The summed E-state index contributed by atoms with van der Waals surface area (Å²) in [7, 11) is 0. The number of esters is 2. The molecule has 0 unspecified atom stereocenters. The Morgan fingerprint density at radius 1 is 1.25 bits per heavy atom. The zero-order valence-corrected chi connectivity index (χ0v) is 14.4. The van der Waals surface area contributed by atoms with Gasteiger partial charge in [-0.15, -0.1) is 0 Å². The van der Waals surface area contributed by atoms with Gasteiger partial charge < -0.3 is 14.8 Å². The number of carbonyl (C=O) groups excluding carboxylic acids is 2. The molecule has 0 aliphatic carbocycles. The van der Waals surface area contributed by atoms with Crippen LogP contribution in [0.15, 0.2) is 30.0 Å². The molecule has 0 fully saturated rings. The molecule has 0 heterocycles. The summed E-state index contributed by atoms with van der Waals surface area (Å²) in [5.74, 6) is -1.25. The number of benzene rings is 1. The van der Waals surface area contributed by atoms with Gasteiger partial charge in [0.1, 0.15) is 6.07 Å². The quantitative estimate of drug-likeness (QED) is 0.437. The van der Waals surface area contributed by atoms with Crippen molar-refractivity contribution < 1.29 is 19.1 Å². The van der Waals surface area contributed by atoms with E-state index in [1.165, 1.54) is 12.3 Å². The fourth-order valence-electron chi connectivity index (χ4n) is 1.63. The fourth-order valence-corrected chi connectivity index (χ4v) is 1.89. The second-order valence-corrected chi connectivity index (χ2v) is 5.13. The molecule has 0 atom stereocenters. The lowest BCUT2D eigenvalue weighted by Crippen LogP contribution is -2.10. The van der Waals surface area contributed by atoms with E-state index >= 15 is 0 Å². The summed E-state index contributed by atoms with van der Waals surface area (Å²) in [6, 6.07) is 6.52. The van der Waals surface area contributed by atoms with Crippen LogP contribution in [0, 0.1) is 11.3 Å². The van der Waals surface area contributed by atoms with Crippen molar-refractivity contribution in [2.45, 2.75) is 26.7 Å². The van der Waals surface area contributed by atoms with E-state index in [-0.39, 0.29) is 22.8 Å². The molecule has 24 heavy (non-hydrogen) atoms. The van der Waals surface area contributed by atoms with Crippen LogP contribution in [0.2, 0.25) is 5.02 Å². The number of anilines is 1. The van der Waals surface area contributed by atoms with E-state index in [0.29, 0.717) is 25.1 Å². The van der Waals surface area contributed by atoms with Gasteiger partial charge in [0.2, 0.25) is 0 Å². The molecule has 0 amide bonds. The predicted octanol–water partition coefficient (Wildman–Crippen LogP) is 3.68. The maximum Gasteiger partial charge on any atom is 0.350 e. The molecule has 128 valence electrons. The minimum Gasteiger partial charge on any atom is -0.462 e. The van der Waals surface area contributed by atoms with Crippen molar-refractivity contribution in [3.8, 4) is 6.07 Å². The molecule has 0 bridgehead atoms. The Bertz CT molecular complexity index is 665. The topological polar surface area (TPSA) is 88.4 Å². The average Bonchev–Trinajstić information content (AvgIpc) is 2.59. The Balaban J connectivity index is 2.91. The first-order chi connectivity index (χ1) is 11.5. The van der Waals surface area contributed by atoms with Crippen LogP contribution in [0.4, 0.5) is 5.69 Å². The van der Waals surface area contributed by atoms with Gasteiger partial charge >= 0.3 is 11.9 Å². The number of hydrogen-bond donors (Lipinski definition) is 1. The SMILES string of the molecule is CCCOC(=O)C(C#N)=CNc1cccc(C(=O)OCCC)c1Cl. The van der Waals surface area contributed by atoms with Crippen molar-refractivity contribution >= 4 is 29.2 Å². The minimum absolute atomic E-state index is 0.147. The summed E-state index contributed by atoms with van der Waals surface area (Å²) in [4.78, 5) is 23.6. The second-order valence-electron chi connectivity index (χ2n) is 4.75. The molecule has 0 aliphatic rings. The van der Waals surface area contributed by atoms with E-state index in [1.807, 2.05) is 13.8 Å². The van der Waals surface area contributed by atoms with Crippen molar-refractivity contribution in [3.05, 3.63) is 40.6 Å². The molecule has 0 saturated heterocycles. The predicted molar refractivity (Wildman–Crippen MR) is 90.6 cm³/mol. The van der Waals surface area contributed by atoms with Gasteiger partial charge in [-0.2, -0.15) is 5.26 Å². The van der Waals surface area contributed by atoms with Crippen LogP contribution < -0.4 is 5.32 Å². The number of halogens is 1. The number of ether oxygens (including phenoxy) is 2. The van der Waals surface area contributed by atoms with Gasteiger partial charge in [-0.1, -0.05) is 31.5 Å². The Labute approximate surface area is 146 Å². The number of rotatable bonds is 8. The largest absolute Gasteiger partial charge is 0.462 e. The van der Waals surface area contributed by atoms with E-state index < -0.39 is 11.9 Å². The fraction of sp³-hybridized carbons (Fsp3) is 0.353. The summed E-state index contributed by atoms with van der Waals surface area (Å²) in [5, 5.41) is 11.9. The summed E-state index contributed by atoms with van der Waals surface area (Å²) in [6.45, 7) is 4.27. The minimum atomic E-state index is -0.721. The molecular formula is C17H19ClN2O4. The number of hydrogen-bond acceptors (Lipinski definition) is 6. The molecule has 6 nitrogen and oxygen atoms in total. The van der Waals surface area contributed by atoms with Gasteiger partial charge in [-0.25, -0.2) is 9.59 Å². The first-order valence-electron chi connectivity index (χ1n) is 7.54. The van der Waals surface area contributed by atoms with Crippen LogP contribution in [0.5, 0.6) is 0 Å². The van der Waals surface area contributed by atoms with Crippen LogP contribution >= 0.6 is 11.6 Å². The Morgan fingerprint density at radius 2 is 1.92 bits per heavy atom. The van der Waals surface area contributed by atoms with Crippen LogP contribution in [-0.2, 0) is 14.3 Å². The van der Waals surface area contributed by atoms with E-state index in [9.17, 15) is 9.59 Å². The zero-order chi connectivity index (χ0) is 17.9. The van der Waals surface area contributed by atoms with Gasteiger partial charge in [0.05, 0.1) is 29.5 Å². The summed E-state index contributed by atoms with van der Waals surface area (Å²) in [5.41, 5.74) is 0.382. The highest BCUT2D eigenvalue weighted by atomic mass is 35.5. The Kier molecular flexibility index (Phi) is 8.37. The zero-order valence-electron chi connectivity index (χ0n) is 13.6. The van der Waals surface area contributed by atoms with Crippen LogP contribution in [-0.4, -0.2) is 25.2 Å². The third-order valence-corrected chi connectivity index (χ3v) is 3.21. The molecule has 1 aromatic rings. The highest BCUT2D eigenvalue weighted by Gasteiger charge is 2.15. The molecule has 0 spiro atoms. The molecule has 1 N–H and O–H groups in total. The van der Waals surface area contributed by atoms with Crippen molar-refractivity contribution in [2.75, 3.05) is 18.5 Å². The Morgan fingerprint density at radius 3 is 2.54 bits per heavy atom. The highest BCUT2D eigenvalue weighted by molar-refractivity contribution is 6.36. The van der Waals surface area contributed by atoms with Gasteiger partial charge in [-0.05, 0) is 25.0 Å². The third-order valence-electron chi connectivity index (χ3n) is 2.81. The van der Waals surface area contributed by atoms with Gasteiger partial charge in [-0.3, -0.25) is 0 Å². The summed E-state index contributed by atoms with van der Waals surface area (Å²) in [6.07, 6.45) is 2.56. The number of carbonyl (C=O) groups is 2. The second kappa shape index (κ2) is 10.3. The molecule has 0 aromatic heterocycles. The molecule has 1 aromatic carbocycles. The smallest absolute Gasteiger partial charge is 0.350 e. The van der Waals surface area contributed by atoms with Crippen molar-refractivity contribution in [3.63, 3.8) is 0 Å². The van der Waals surface area contributed by atoms with Gasteiger partial charge in [0.25, 0.3) is 0 Å². The van der Waals surface area contributed by atoms with Crippen LogP contribution in [0.25, 0.3) is 0 Å². The molecule has 7 heteroatoms. The number of nitrogens with one attached hydrogen (secondary N) is 1. The van der Waals surface area contributed by atoms with E-state index in [1.54, 1.807) is 18.2 Å². The number of nitrogens with zero attached hydrogens (tertiary/aromatic N) is 1. The highest BCUT2D eigenvalue weighted by Crippen LogP contribution is 2.26. The molecule has 1 rings (SSSR count). The van der Waals surface area contributed by atoms with Crippen molar-refractivity contribution in [1.82, 2.24) is 0 Å². The molecular weight excluding hydrogens is 332 g/mol. The summed E-state index contributed by atoms with van der Waals surface area (Å²) >= 11 is 6.18. The van der Waals surface area contributed by atoms with E-state index in [2.05, 4.69) is 5.32 Å². The standard InChI is InChI=1S/C17H19ClN2O4/c1-3-8-23-16(21)12(10-19)11-20-14-7-5-6-13(15(14)18)17(22)24-9-4-2/h5-7,11,20H,3-4,8-9H2,1-2H3. The first-order valence-corrected chi connectivity index (χ1v) is 7.92. The van der Waals surface area contributed by atoms with Gasteiger partial charge in [0.15, 0.2) is 5.57 Å². The number of nitriles is 1. The Hall–Kier alpha value is -2.52. The lowest BCUT2D eigenvalue weighted by molar-refractivity contribution is -0.138. The first kappa shape index (κ1) is 19.5. The third kappa shape index (κ3) is 5.60. The summed E-state index contributed by atoms with van der Waals surface area (Å²) < 4.78 is 9.94. The average molecular weight is 351 g/mol. The normalized spacial score (nSPS) is 10.7.